The Bertz CT molecular complexity index is 689. The monoisotopic (exact) mass is 344 g/mol. The van der Waals surface area contributed by atoms with Crippen molar-refractivity contribution >= 4 is 11.9 Å². The summed E-state index contributed by atoms with van der Waals surface area (Å²) in [5.41, 5.74) is 1.49. The minimum atomic E-state index is -0.192. The summed E-state index contributed by atoms with van der Waals surface area (Å²) in [6.07, 6.45) is 4.72. The lowest BCUT2D eigenvalue weighted by molar-refractivity contribution is 0.0953. The summed E-state index contributed by atoms with van der Waals surface area (Å²) >= 11 is 0. The Labute approximate surface area is 147 Å². The van der Waals surface area contributed by atoms with Crippen molar-refractivity contribution in [1.29, 1.82) is 0 Å². The maximum absolute atomic E-state index is 12.1. The van der Waals surface area contributed by atoms with Gasteiger partial charge in [0.15, 0.2) is 11.5 Å². The van der Waals surface area contributed by atoms with E-state index in [9.17, 15) is 4.79 Å². The van der Waals surface area contributed by atoms with Crippen molar-refractivity contribution < 1.29 is 14.3 Å². The number of benzene rings is 1. The van der Waals surface area contributed by atoms with Gasteiger partial charge < -0.3 is 20.1 Å². The molecule has 0 spiro atoms. The van der Waals surface area contributed by atoms with Gasteiger partial charge in [0.25, 0.3) is 5.91 Å². The molecule has 1 amide bonds. The molecule has 0 bridgehead atoms. The standard InChI is InChI=1S/C18H24N4O3/c1-4-8-20-18-21-11-14(12-22-18)17(23)19-9-7-13-5-6-15(24-2)16(10-13)25-3/h5-6,10-12H,4,7-9H2,1-3H3,(H,19,23)(H,20,21,22). The van der Waals surface area contributed by atoms with Crippen molar-refractivity contribution in [2.45, 2.75) is 19.8 Å². The highest BCUT2D eigenvalue weighted by atomic mass is 16.5. The molecular formula is C18H24N4O3. The molecule has 7 nitrogen and oxygen atoms in total. The SMILES string of the molecule is CCCNc1ncc(C(=O)NCCc2ccc(OC)c(OC)c2)cn1. The van der Waals surface area contributed by atoms with E-state index in [1.54, 1.807) is 14.2 Å². The molecule has 1 aromatic carbocycles. The Morgan fingerprint density at radius 2 is 1.80 bits per heavy atom. The number of amides is 1. The lowest BCUT2D eigenvalue weighted by atomic mass is 10.1. The second kappa shape index (κ2) is 9.46. The molecule has 2 N–H and O–H groups in total. The average molecular weight is 344 g/mol. The first-order valence-corrected chi connectivity index (χ1v) is 8.23. The third-order valence-electron chi connectivity index (χ3n) is 3.59. The first kappa shape index (κ1) is 18.5. The van der Waals surface area contributed by atoms with Crippen LogP contribution in [0.3, 0.4) is 0 Å². The van der Waals surface area contributed by atoms with E-state index in [2.05, 4.69) is 27.5 Å². The van der Waals surface area contributed by atoms with Crippen LogP contribution in [0.2, 0.25) is 0 Å². The van der Waals surface area contributed by atoms with Crippen LogP contribution in [0.15, 0.2) is 30.6 Å². The Kier molecular flexibility index (Phi) is 7.00. The molecule has 7 heteroatoms. The molecule has 0 aliphatic carbocycles. The number of hydrogen-bond donors (Lipinski definition) is 2. The van der Waals surface area contributed by atoms with E-state index in [0.29, 0.717) is 36.0 Å². The number of carbonyl (C=O) groups excluding carboxylic acids is 1. The van der Waals surface area contributed by atoms with Gasteiger partial charge in [-0.2, -0.15) is 0 Å². The molecule has 134 valence electrons. The van der Waals surface area contributed by atoms with E-state index < -0.39 is 0 Å². The second-order valence-electron chi connectivity index (χ2n) is 5.42. The van der Waals surface area contributed by atoms with E-state index in [4.69, 9.17) is 9.47 Å². The van der Waals surface area contributed by atoms with Crippen LogP contribution in [-0.4, -0.2) is 43.2 Å². The number of aromatic nitrogens is 2. The minimum absolute atomic E-state index is 0.192. The first-order valence-electron chi connectivity index (χ1n) is 8.23. The lowest BCUT2D eigenvalue weighted by Gasteiger charge is -2.10. The predicted octanol–water partition coefficient (Wildman–Crippen LogP) is 2.29. The van der Waals surface area contributed by atoms with Crippen molar-refractivity contribution in [3.63, 3.8) is 0 Å². The highest BCUT2D eigenvalue weighted by molar-refractivity contribution is 5.93. The molecule has 0 saturated heterocycles. The van der Waals surface area contributed by atoms with Crippen molar-refractivity contribution in [3.05, 3.63) is 41.7 Å². The molecule has 0 atom stereocenters. The van der Waals surface area contributed by atoms with Crippen LogP contribution in [0.1, 0.15) is 29.3 Å². The van der Waals surface area contributed by atoms with Crippen molar-refractivity contribution in [3.8, 4) is 11.5 Å². The molecule has 0 aliphatic rings. The number of carbonyl (C=O) groups is 1. The van der Waals surface area contributed by atoms with Crippen LogP contribution >= 0.6 is 0 Å². The summed E-state index contributed by atoms with van der Waals surface area (Å²) in [6, 6.07) is 5.71. The van der Waals surface area contributed by atoms with Crippen LogP contribution in [0, 0.1) is 0 Å². The maximum atomic E-state index is 12.1. The molecule has 2 aromatic rings. The van der Waals surface area contributed by atoms with Crippen LogP contribution in [0.5, 0.6) is 11.5 Å². The summed E-state index contributed by atoms with van der Waals surface area (Å²) in [5.74, 6) is 1.70. The topological polar surface area (TPSA) is 85.4 Å². The zero-order valence-corrected chi connectivity index (χ0v) is 14.8. The summed E-state index contributed by atoms with van der Waals surface area (Å²) in [6.45, 7) is 3.37. The number of ether oxygens (including phenoxy) is 2. The zero-order chi connectivity index (χ0) is 18.1. The molecular weight excluding hydrogens is 320 g/mol. The van der Waals surface area contributed by atoms with Gasteiger partial charge in [-0.1, -0.05) is 13.0 Å². The molecule has 2 rings (SSSR count). The highest BCUT2D eigenvalue weighted by Crippen LogP contribution is 2.27. The van der Waals surface area contributed by atoms with Gasteiger partial charge in [-0.15, -0.1) is 0 Å². The molecule has 25 heavy (non-hydrogen) atoms. The Morgan fingerprint density at radius 1 is 1.08 bits per heavy atom. The third-order valence-corrected chi connectivity index (χ3v) is 3.59. The lowest BCUT2D eigenvalue weighted by Crippen LogP contribution is -2.26. The first-order chi connectivity index (χ1) is 12.2. The van der Waals surface area contributed by atoms with Gasteiger partial charge in [0.05, 0.1) is 19.8 Å². The fourth-order valence-corrected chi connectivity index (χ4v) is 2.23. The van der Waals surface area contributed by atoms with E-state index in [1.807, 2.05) is 18.2 Å². The maximum Gasteiger partial charge on any atom is 0.254 e. The van der Waals surface area contributed by atoms with Gasteiger partial charge in [-0.05, 0) is 30.5 Å². The van der Waals surface area contributed by atoms with E-state index in [1.165, 1.54) is 12.4 Å². The number of methoxy groups -OCH3 is 2. The van der Waals surface area contributed by atoms with Crippen molar-refractivity contribution in [2.75, 3.05) is 32.6 Å². The molecule has 0 fully saturated rings. The summed E-state index contributed by atoms with van der Waals surface area (Å²) in [7, 11) is 3.20. The molecule has 1 heterocycles. The normalized spacial score (nSPS) is 10.2. The number of nitrogens with zero attached hydrogens (tertiary/aromatic N) is 2. The van der Waals surface area contributed by atoms with E-state index in [0.717, 1.165) is 18.5 Å². The molecule has 1 aromatic heterocycles. The fraction of sp³-hybridized carbons (Fsp3) is 0.389. The van der Waals surface area contributed by atoms with Crippen LogP contribution in [0.25, 0.3) is 0 Å². The third kappa shape index (κ3) is 5.34. The van der Waals surface area contributed by atoms with Gasteiger partial charge >= 0.3 is 0 Å². The van der Waals surface area contributed by atoms with Gasteiger partial charge in [0.2, 0.25) is 5.95 Å². The Balaban J connectivity index is 1.85. The number of anilines is 1. The quantitative estimate of drug-likeness (QED) is 0.726. The smallest absolute Gasteiger partial charge is 0.254 e. The number of hydrogen-bond acceptors (Lipinski definition) is 6. The minimum Gasteiger partial charge on any atom is -0.493 e. The van der Waals surface area contributed by atoms with Crippen LogP contribution in [-0.2, 0) is 6.42 Å². The highest BCUT2D eigenvalue weighted by Gasteiger charge is 2.08. The summed E-state index contributed by atoms with van der Waals surface area (Å²) in [4.78, 5) is 20.4. The van der Waals surface area contributed by atoms with Gasteiger partial charge in [0.1, 0.15) is 0 Å². The van der Waals surface area contributed by atoms with Crippen LogP contribution in [0.4, 0.5) is 5.95 Å². The number of nitrogens with one attached hydrogen (secondary N) is 2. The average Bonchev–Trinajstić information content (AvgIpc) is 2.66. The zero-order valence-electron chi connectivity index (χ0n) is 14.8. The van der Waals surface area contributed by atoms with Gasteiger partial charge in [-0.3, -0.25) is 4.79 Å². The van der Waals surface area contributed by atoms with Crippen LogP contribution < -0.4 is 20.1 Å². The second-order valence-corrected chi connectivity index (χ2v) is 5.42. The molecule has 0 radical (unpaired) electrons. The number of rotatable bonds is 9. The predicted molar refractivity (Wildman–Crippen MR) is 96.4 cm³/mol. The summed E-state index contributed by atoms with van der Waals surface area (Å²) < 4.78 is 10.5. The van der Waals surface area contributed by atoms with Gasteiger partial charge in [0, 0.05) is 25.5 Å². The van der Waals surface area contributed by atoms with E-state index in [-0.39, 0.29) is 5.91 Å². The van der Waals surface area contributed by atoms with E-state index >= 15 is 0 Å². The summed E-state index contributed by atoms with van der Waals surface area (Å²) in [5, 5.41) is 5.93. The largest absolute Gasteiger partial charge is 0.493 e. The van der Waals surface area contributed by atoms with Gasteiger partial charge in [-0.25, -0.2) is 9.97 Å². The molecule has 0 saturated carbocycles. The molecule has 0 unspecified atom stereocenters. The fourth-order valence-electron chi connectivity index (χ4n) is 2.23. The Hall–Kier alpha value is -2.83. The Morgan fingerprint density at radius 3 is 2.44 bits per heavy atom. The van der Waals surface area contributed by atoms with Crippen molar-refractivity contribution in [2.24, 2.45) is 0 Å². The van der Waals surface area contributed by atoms with Crippen molar-refractivity contribution in [1.82, 2.24) is 15.3 Å². The molecule has 0 aliphatic heterocycles.